The highest BCUT2D eigenvalue weighted by Crippen LogP contribution is 2.43. The average Bonchev–Trinajstić information content (AvgIpc) is 3.01. The van der Waals surface area contributed by atoms with E-state index in [9.17, 15) is 13.4 Å². The molecule has 1 aliphatic carbocycles. The maximum Gasteiger partial charge on any atom is 0.552 e. The van der Waals surface area contributed by atoms with Crippen molar-refractivity contribution in [2.24, 2.45) is 5.92 Å². The smallest absolute Gasteiger partial charge is 0.531 e. The molecular formula is C16H20BN3O4S. The molecule has 25 heavy (non-hydrogen) atoms. The van der Waals surface area contributed by atoms with Gasteiger partial charge in [0, 0.05) is 23.2 Å². The second-order valence-electron chi connectivity index (χ2n) is 6.81. The lowest BCUT2D eigenvalue weighted by atomic mass is 9.72. The first-order valence-electron chi connectivity index (χ1n) is 8.41. The molecule has 0 atom stereocenters. The topological polar surface area (TPSA) is 104 Å². The van der Waals surface area contributed by atoms with Gasteiger partial charge >= 0.3 is 7.12 Å². The van der Waals surface area contributed by atoms with Gasteiger partial charge in [-0.25, -0.2) is 18.1 Å². The van der Waals surface area contributed by atoms with Crippen molar-refractivity contribution in [3.8, 4) is 5.75 Å². The van der Waals surface area contributed by atoms with Crippen LogP contribution in [0, 0.1) is 5.92 Å². The summed E-state index contributed by atoms with van der Waals surface area (Å²) >= 11 is 0. The largest absolute Gasteiger partial charge is 0.552 e. The molecule has 3 N–H and O–H groups in total. The van der Waals surface area contributed by atoms with Crippen LogP contribution in [0.25, 0.3) is 16.6 Å². The van der Waals surface area contributed by atoms with Crippen molar-refractivity contribution < 1.29 is 18.1 Å². The van der Waals surface area contributed by atoms with Crippen molar-refractivity contribution in [3.05, 3.63) is 30.0 Å². The highest BCUT2D eigenvalue weighted by Gasteiger charge is 2.33. The van der Waals surface area contributed by atoms with Crippen LogP contribution in [-0.4, -0.2) is 42.8 Å². The zero-order valence-electron chi connectivity index (χ0n) is 13.9. The summed E-state index contributed by atoms with van der Waals surface area (Å²) in [5.74, 6) is 2.62. The Bertz CT molecular complexity index is 932. The molecule has 132 valence electrons. The molecule has 0 radical (unpaired) electrons. The van der Waals surface area contributed by atoms with E-state index in [1.54, 1.807) is 12.2 Å². The number of sulfonamides is 1. The van der Waals surface area contributed by atoms with Gasteiger partial charge in [-0.05, 0) is 49.2 Å². The first-order chi connectivity index (χ1) is 11.9. The van der Waals surface area contributed by atoms with E-state index in [1.165, 1.54) is 6.26 Å². The number of fused-ring (bicyclic) bond motifs is 3. The number of hydrogen-bond donors (Lipinski definition) is 3. The first kappa shape index (κ1) is 16.6. The van der Waals surface area contributed by atoms with Gasteiger partial charge < -0.3 is 14.7 Å². The molecule has 0 amide bonds. The van der Waals surface area contributed by atoms with E-state index in [4.69, 9.17) is 4.65 Å². The van der Waals surface area contributed by atoms with Crippen LogP contribution in [0.5, 0.6) is 5.75 Å². The van der Waals surface area contributed by atoms with Crippen LogP contribution in [0.15, 0.2) is 24.4 Å². The Kier molecular flexibility index (Phi) is 4.09. The summed E-state index contributed by atoms with van der Waals surface area (Å²) in [7, 11) is -4.16. The number of pyridine rings is 1. The summed E-state index contributed by atoms with van der Waals surface area (Å²) in [6, 6.07) is 1.95. The number of aromatic nitrogens is 2. The average molecular weight is 361 g/mol. The Balaban J connectivity index is 1.62. The lowest BCUT2D eigenvalue weighted by Crippen LogP contribution is -2.37. The minimum absolute atomic E-state index is 0.0131. The van der Waals surface area contributed by atoms with E-state index in [0.29, 0.717) is 5.75 Å². The third-order valence-electron chi connectivity index (χ3n) is 4.96. The summed E-state index contributed by atoms with van der Waals surface area (Å²) in [6.45, 7) is 0. The normalized spacial score (nSPS) is 23.9. The zero-order valence-corrected chi connectivity index (χ0v) is 14.7. The van der Waals surface area contributed by atoms with E-state index in [2.05, 4.69) is 14.7 Å². The standard InChI is InChI=1S/C16H20BN3O4S/c1-25(22,23)20-11-4-2-10(3-5-11)13-8-17(21)24-14-9-19-16-12(15(13)14)6-7-18-16/h6-11,20-21H,2-5H2,1H3,(H,18,19). The van der Waals surface area contributed by atoms with Gasteiger partial charge in [0.25, 0.3) is 0 Å². The summed E-state index contributed by atoms with van der Waals surface area (Å²) in [5.41, 5.74) is 2.84. The van der Waals surface area contributed by atoms with Crippen LogP contribution in [0.3, 0.4) is 0 Å². The first-order valence-corrected chi connectivity index (χ1v) is 10.3. The summed E-state index contributed by atoms with van der Waals surface area (Å²) < 4.78 is 31.1. The lowest BCUT2D eigenvalue weighted by molar-refractivity contribution is 0.361. The van der Waals surface area contributed by atoms with Crippen molar-refractivity contribution in [3.63, 3.8) is 0 Å². The Morgan fingerprint density at radius 1 is 1.36 bits per heavy atom. The lowest BCUT2D eigenvalue weighted by Gasteiger charge is -2.32. The van der Waals surface area contributed by atoms with Crippen molar-refractivity contribution in [1.82, 2.24) is 14.7 Å². The molecule has 2 aromatic rings. The minimum atomic E-state index is -3.18. The number of rotatable bonds is 3. The Morgan fingerprint density at radius 3 is 2.84 bits per heavy atom. The van der Waals surface area contributed by atoms with Crippen LogP contribution in [0.2, 0.25) is 0 Å². The maximum absolute atomic E-state index is 11.4. The van der Waals surface area contributed by atoms with E-state index < -0.39 is 17.1 Å². The molecule has 0 bridgehead atoms. The van der Waals surface area contributed by atoms with E-state index in [1.807, 2.05) is 12.3 Å². The third-order valence-corrected chi connectivity index (χ3v) is 5.72. The molecule has 9 heteroatoms. The number of aromatic amines is 1. The van der Waals surface area contributed by atoms with Crippen molar-refractivity contribution in [2.45, 2.75) is 31.7 Å². The number of hydrogen-bond acceptors (Lipinski definition) is 5. The van der Waals surface area contributed by atoms with Crippen LogP contribution in [0.1, 0.15) is 31.2 Å². The van der Waals surface area contributed by atoms with Gasteiger partial charge in [-0.1, -0.05) is 0 Å². The molecule has 0 unspecified atom stereocenters. The quantitative estimate of drug-likeness (QED) is 0.718. The highest BCUT2D eigenvalue weighted by molar-refractivity contribution is 7.88. The molecule has 1 aliphatic heterocycles. The predicted molar refractivity (Wildman–Crippen MR) is 96.4 cm³/mol. The summed E-state index contributed by atoms with van der Waals surface area (Å²) in [4.78, 5) is 7.43. The van der Waals surface area contributed by atoms with E-state index in [-0.39, 0.29) is 12.0 Å². The van der Waals surface area contributed by atoms with Crippen molar-refractivity contribution in [1.29, 1.82) is 0 Å². The Labute approximate surface area is 146 Å². The van der Waals surface area contributed by atoms with E-state index in [0.717, 1.165) is 47.9 Å². The fourth-order valence-corrected chi connectivity index (χ4v) is 4.78. The van der Waals surface area contributed by atoms with Crippen molar-refractivity contribution in [2.75, 3.05) is 6.26 Å². The predicted octanol–water partition coefficient (Wildman–Crippen LogP) is 1.47. The second-order valence-corrected chi connectivity index (χ2v) is 8.59. The molecule has 0 saturated heterocycles. The Hall–Kier alpha value is -1.84. The Morgan fingerprint density at radius 2 is 2.12 bits per heavy atom. The van der Waals surface area contributed by atoms with Gasteiger partial charge in [-0.2, -0.15) is 0 Å². The molecule has 7 nitrogen and oxygen atoms in total. The SMILES string of the molecule is CS(=O)(=O)NC1CCC(C2=CB(O)Oc3cnc4[nH]ccc4c32)CC1. The van der Waals surface area contributed by atoms with Gasteiger partial charge in [0.1, 0.15) is 11.4 Å². The highest BCUT2D eigenvalue weighted by atomic mass is 32.2. The van der Waals surface area contributed by atoms with Crippen LogP contribution in [0.4, 0.5) is 0 Å². The van der Waals surface area contributed by atoms with Crippen LogP contribution in [-0.2, 0) is 10.0 Å². The molecule has 1 saturated carbocycles. The zero-order chi connectivity index (χ0) is 17.6. The molecule has 1 fully saturated rings. The fraction of sp³-hybridized carbons (Fsp3) is 0.438. The summed E-state index contributed by atoms with van der Waals surface area (Å²) in [5, 5.41) is 11.0. The summed E-state index contributed by atoms with van der Waals surface area (Å²) in [6.07, 6.45) is 7.96. The van der Waals surface area contributed by atoms with Crippen LogP contribution >= 0.6 is 0 Å². The number of H-pyrrole nitrogens is 1. The number of allylic oxidation sites excluding steroid dienone is 1. The van der Waals surface area contributed by atoms with Crippen molar-refractivity contribution >= 4 is 33.7 Å². The molecule has 2 aromatic heterocycles. The molecule has 3 heterocycles. The van der Waals surface area contributed by atoms with Gasteiger partial charge in [0.2, 0.25) is 10.0 Å². The molecule has 2 aliphatic rings. The molecule has 0 aromatic carbocycles. The van der Waals surface area contributed by atoms with E-state index >= 15 is 0 Å². The molecule has 0 spiro atoms. The monoisotopic (exact) mass is 361 g/mol. The van der Waals surface area contributed by atoms with Gasteiger partial charge in [0.15, 0.2) is 0 Å². The van der Waals surface area contributed by atoms with Crippen LogP contribution < -0.4 is 9.38 Å². The number of nitrogens with one attached hydrogen (secondary N) is 2. The van der Waals surface area contributed by atoms with Gasteiger partial charge in [0.05, 0.1) is 12.5 Å². The fourth-order valence-electron chi connectivity index (χ4n) is 3.94. The molecular weight excluding hydrogens is 341 g/mol. The van der Waals surface area contributed by atoms with Gasteiger partial charge in [-0.3, -0.25) is 0 Å². The minimum Gasteiger partial charge on any atom is -0.531 e. The maximum atomic E-state index is 11.4. The van der Waals surface area contributed by atoms with Gasteiger partial charge in [-0.15, -0.1) is 0 Å². The third kappa shape index (κ3) is 3.31. The number of nitrogens with zero attached hydrogens (tertiary/aromatic N) is 1. The molecule has 4 rings (SSSR count). The second kappa shape index (κ2) is 6.15.